The van der Waals surface area contributed by atoms with Crippen LogP contribution in [0.2, 0.25) is 0 Å². The average molecular weight is 228 g/mol. The van der Waals surface area contributed by atoms with Crippen LogP contribution in [0.15, 0.2) is 12.2 Å². The van der Waals surface area contributed by atoms with E-state index in [1.807, 2.05) is 0 Å². The molecule has 16 heavy (non-hydrogen) atoms. The highest BCUT2D eigenvalue weighted by atomic mass is 16.5. The molecule has 0 aliphatic rings. The molecule has 0 spiro atoms. The van der Waals surface area contributed by atoms with E-state index in [1.54, 1.807) is 0 Å². The third kappa shape index (κ3) is 13.7. The molecule has 0 saturated heterocycles. The summed E-state index contributed by atoms with van der Waals surface area (Å²) in [5, 5.41) is 0. The van der Waals surface area contributed by atoms with Gasteiger partial charge in [0.15, 0.2) is 0 Å². The van der Waals surface area contributed by atoms with Crippen molar-refractivity contribution in [2.45, 2.75) is 40.5 Å². The van der Waals surface area contributed by atoms with Crippen molar-refractivity contribution in [2.24, 2.45) is 11.8 Å². The van der Waals surface area contributed by atoms with Crippen molar-refractivity contribution in [1.29, 1.82) is 0 Å². The molecule has 0 heterocycles. The van der Waals surface area contributed by atoms with E-state index < -0.39 is 0 Å². The van der Waals surface area contributed by atoms with Crippen molar-refractivity contribution in [2.75, 3.05) is 26.4 Å². The first kappa shape index (κ1) is 15.7. The molecule has 0 N–H and O–H groups in total. The Morgan fingerprint density at radius 2 is 1.50 bits per heavy atom. The summed E-state index contributed by atoms with van der Waals surface area (Å²) in [6.45, 7) is 12.0. The summed E-state index contributed by atoms with van der Waals surface area (Å²) in [4.78, 5) is 0. The maximum absolute atomic E-state index is 5.49. The van der Waals surface area contributed by atoms with Gasteiger partial charge in [0.2, 0.25) is 0 Å². The number of hydrogen-bond donors (Lipinski definition) is 0. The Kier molecular flexibility index (Phi) is 10.9. The van der Waals surface area contributed by atoms with E-state index in [4.69, 9.17) is 9.47 Å². The van der Waals surface area contributed by atoms with Crippen LogP contribution in [0.1, 0.15) is 40.5 Å². The van der Waals surface area contributed by atoms with Crippen molar-refractivity contribution in [3.63, 3.8) is 0 Å². The molecule has 0 bridgehead atoms. The van der Waals surface area contributed by atoms with E-state index in [9.17, 15) is 0 Å². The standard InChI is InChI=1S/C14H28O2/c1-13(2)11-15-9-7-5-6-8-10-16-12-14(3)4/h5,7,13-14H,6,8-12H2,1-4H3. The second kappa shape index (κ2) is 11.2. The van der Waals surface area contributed by atoms with E-state index >= 15 is 0 Å². The van der Waals surface area contributed by atoms with E-state index in [0.29, 0.717) is 11.8 Å². The number of unbranched alkanes of at least 4 members (excludes halogenated alkanes) is 1. The van der Waals surface area contributed by atoms with Gasteiger partial charge in [-0.05, 0) is 24.7 Å². The Labute approximate surface area is 101 Å². The summed E-state index contributed by atoms with van der Waals surface area (Å²) >= 11 is 0. The minimum Gasteiger partial charge on any atom is -0.381 e. The first-order chi connectivity index (χ1) is 7.63. The van der Waals surface area contributed by atoms with Gasteiger partial charge in [-0.15, -0.1) is 0 Å². The lowest BCUT2D eigenvalue weighted by Gasteiger charge is -2.05. The van der Waals surface area contributed by atoms with Gasteiger partial charge in [-0.1, -0.05) is 39.8 Å². The fraction of sp³-hybridized carbons (Fsp3) is 0.857. The number of allylic oxidation sites excluding steroid dienone is 1. The molecule has 0 aromatic carbocycles. The SMILES string of the molecule is CC(C)COCC=CCCCOCC(C)C. The average Bonchev–Trinajstić information content (AvgIpc) is 2.20. The molecule has 0 aliphatic carbocycles. The second-order valence-corrected chi connectivity index (χ2v) is 5.01. The molecular weight excluding hydrogens is 200 g/mol. The van der Waals surface area contributed by atoms with Gasteiger partial charge in [-0.2, -0.15) is 0 Å². The van der Waals surface area contributed by atoms with Crippen molar-refractivity contribution in [3.8, 4) is 0 Å². The molecule has 0 aromatic heterocycles. The maximum Gasteiger partial charge on any atom is 0.0647 e. The van der Waals surface area contributed by atoms with Crippen molar-refractivity contribution >= 4 is 0 Å². The summed E-state index contributed by atoms with van der Waals surface area (Å²) in [7, 11) is 0. The first-order valence-electron chi connectivity index (χ1n) is 6.43. The van der Waals surface area contributed by atoms with Crippen LogP contribution in [-0.4, -0.2) is 26.4 Å². The van der Waals surface area contributed by atoms with Gasteiger partial charge < -0.3 is 9.47 Å². The van der Waals surface area contributed by atoms with Gasteiger partial charge in [0.25, 0.3) is 0 Å². The van der Waals surface area contributed by atoms with Crippen LogP contribution in [0.3, 0.4) is 0 Å². The van der Waals surface area contributed by atoms with E-state index in [-0.39, 0.29) is 0 Å². The summed E-state index contributed by atoms with van der Waals surface area (Å²) < 4.78 is 10.9. The highest BCUT2D eigenvalue weighted by molar-refractivity contribution is 4.81. The van der Waals surface area contributed by atoms with E-state index in [1.165, 1.54) is 0 Å². The van der Waals surface area contributed by atoms with Gasteiger partial charge >= 0.3 is 0 Å². The zero-order valence-corrected chi connectivity index (χ0v) is 11.4. The molecule has 2 heteroatoms. The van der Waals surface area contributed by atoms with Gasteiger partial charge in [-0.3, -0.25) is 0 Å². The molecule has 0 atom stereocenters. The number of rotatable bonds is 10. The van der Waals surface area contributed by atoms with Crippen LogP contribution in [0.4, 0.5) is 0 Å². The number of ether oxygens (including phenoxy) is 2. The molecule has 0 fully saturated rings. The highest BCUT2D eigenvalue weighted by Crippen LogP contribution is 1.97. The lowest BCUT2D eigenvalue weighted by atomic mass is 10.2. The smallest absolute Gasteiger partial charge is 0.0647 e. The Morgan fingerprint density at radius 3 is 2.12 bits per heavy atom. The van der Waals surface area contributed by atoms with Gasteiger partial charge in [0.05, 0.1) is 6.61 Å². The highest BCUT2D eigenvalue weighted by Gasteiger charge is 1.93. The summed E-state index contributed by atoms with van der Waals surface area (Å²) in [5.74, 6) is 1.26. The van der Waals surface area contributed by atoms with Crippen LogP contribution in [0.5, 0.6) is 0 Å². The Hall–Kier alpha value is -0.340. The first-order valence-corrected chi connectivity index (χ1v) is 6.43. The maximum atomic E-state index is 5.49. The lowest BCUT2D eigenvalue weighted by Crippen LogP contribution is -2.02. The quantitative estimate of drug-likeness (QED) is 0.419. The van der Waals surface area contributed by atoms with Crippen LogP contribution in [0.25, 0.3) is 0 Å². The summed E-state index contributed by atoms with van der Waals surface area (Å²) in [6, 6.07) is 0. The summed E-state index contributed by atoms with van der Waals surface area (Å²) in [6.07, 6.45) is 6.47. The molecular formula is C14H28O2. The van der Waals surface area contributed by atoms with Gasteiger partial charge in [-0.25, -0.2) is 0 Å². The molecule has 0 amide bonds. The molecule has 0 radical (unpaired) electrons. The Bertz CT molecular complexity index is 162. The largest absolute Gasteiger partial charge is 0.381 e. The monoisotopic (exact) mass is 228 g/mol. The zero-order valence-electron chi connectivity index (χ0n) is 11.4. The van der Waals surface area contributed by atoms with Gasteiger partial charge in [0, 0.05) is 19.8 Å². The lowest BCUT2D eigenvalue weighted by molar-refractivity contribution is 0.108. The Morgan fingerprint density at radius 1 is 0.875 bits per heavy atom. The van der Waals surface area contributed by atoms with E-state index in [2.05, 4.69) is 39.8 Å². The molecule has 96 valence electrons. The van der Waals surface area contributed by atoms with Crippen molar-refractivity contribution in [1.82, 2.24) is 0 Å². The number of hydrogen-bond acceptors (Lipinski definition) is 2. The third-order valence-corrected chi connectivity index (χ3v) is 1.94. The fourth-order valence-electron chi connectivity index (χ4n) is 1.18. The van der Waals surface area contributed by atoms with Crippen LogP contribution in [-0.2, 0) is 9.47 Å². The molecule has 0 rings (SSSR count). The Balaban J connectivity index is 3.10. The van der Waals surface area contributed by atoms with Crippen LogP contribution in [0, 0.1) is 11.8 Å². The third-order valence-electron chi connectivity index (χ3n) is 1.94. The van der Waals surface area contributed by atoms with Crippen molar-refractivity contribution < 1.29 is 9.47 Å². The van der Waals surface area contributed by atoms with Gasteiger partial charge in [0.1, 0.15) is 0 Å². The predicted molar refractivity (Wildman–Crippen MR) is 69.7 cm³/mol. The molecule has 2 nitrogen and oxygen atoms in total. The van der Waals surface area contributed by atoms with Crippen LogP contribution >= 0.6 is 0 Å². The molecule has 0 aromatic rings. The normalized spacial score (nSPS) is 12.1. The minimum absolute atomic E-state index is 0.623. The molecule has 0 unspecified atom stereocenters. The summed E-state index contributed by atoms with van der Waals surface area (Å²) in [5.41, 5.74) is 0. The minimum atomic E-state index is 0.623. The second-order valence-electron chi connectivity index (χ2n) is 5.01. The van der Waals surface area contributed by atoms with Crippen molar-refractivity contribution in [3.05, 3.63) is 12.2 Å². The predicted octanol–water partition coefficient (Wildman–Crippen LogP) is 3.67. The van der Waals surface area contributed by atoms with Crippen LogP contribution < -0.4 is 0 Å². The molecule has 0 saturated carbocycles. The fourth-order valence-corrected chi connectivity index (χ4v) is 1.18. The zero-order chi connectivity index (χ0) is 12.2. The molecule has 0 aliphatic heterocycles. The van der Waals surface area contributed by atoms with E-state index in [0.717, 1.165) is 39.3 Å². The topological polar surface area (TPSA) is 18.5 Å².